The molecule has 5 aliphatic rings. The first-order valence-electron chi connectivity index (χ1n) is 14.2. The Hall–Kier alpha value is -2.30. The van der Waals surface area contributed by atoms with Gasteiger partial charge in [0.15, 0.2) is 22.6 Å². The van der Waals surface area contributed by atoms with Crippen LogP contribution < -0.4 is 0 Å². The van der Waals surface area contributed by atoms with Crippen molar-refractivity contribution in [3.63, 3.8) is 0 Å². The molecule has 0 bridgehead atoms. The molecule has 2 heterocycles. The van der Waals surface area contributed by atoms with E-state index in [-0.39, 0.29) is 29.6 Å². The quantitative estimate of drug-likeness (QED) is 0.213. The summed E-state index contributed by atoms with van der Waals surface area (Å²) in [6.07, 6.45) is -1.08. The molecule has 3 aliphatic carbocycles. The molecule has 2 saturated carbocycles. The fourth-order valence-electron chi connectivity index (χ4n) is 7.93. The fourth-order valence-corrected chi connectivity index (χ4v) is 7.93. The first-order valence-corrected chi connectivity index (χ1v) is 14.2. The third-order valence-electron chi connectivity index (χ3n) is 10.3. The van der Waals surface area contributed by atoms with Crippen LogP contribution in [0.4, 0.5) is 0 Å². The first kappa shape index (κ1) is 29.2. The molecule has 0 spiro atoms. The second kappa shape index (κ2) is 9.10. The number of fused-ring (bicyclic) bond motifs is 1. The molecule has 4 fully saturated rings. The molecule has 0 radical (unpaired) electrons. The van der Waals surface area contributed by atoms with Gasteiger partial charge in [0.05, 0.1) is 12.0 Å². The van der Waals surface area contributed by atoms with Crippen LogP contribution in [0.3, 0.4) is 0 Å². The molecule has 5 rings (SSSR count). The van der Waals surface area contributed by atoms with Crippen molar-refractivity contribution in [3.05, 3.63) is 11.6 Å². The molecule has 0 aromatic carbocycles. The van der Waals surface area contributed by atoms with Crippen molar-refractivity contribution in [3.8, 4) is 0 Å². The van der Waals surface area contributed by atoms with Gasteiger partial charge in [-0.15, -0.1) is 0 Å². The minimum atomic E-state index is -1.27. The van der Waals surface area contributed by atoms with Gasteiger partial charge < -0.3 is 28.4 Å². The average molecular weight is 563 g/mol. The van der Waals surface area contributed by atoms with Gasteiger partial charge in [0.1, 0.15) is 24.4 Å². The Balaban J connectivity index is 1.64. The van der Waals surface area contributed by atoms with E-state index in [4.69, 9.17) is 28.4 Å². The van der Waals surface area contributed by atoms with Crippen LogP contribution in [0.1, 0.15) is 68.7 Å². The number of epoxide rings is 2. The topological polar surface area (TPSA) is 130 Å². The molecule has 2 aliphatic heterocycles. The molecule has 40 heavy (non-hydrogen) atoms. The van der Waals surface area contributed by atoms with Crippen LogP contribution in [0.2, 0.25) is 0 Å². The number of ether oxygens (including phenoxy) is 6. The van der Waals surface area contributed by atoms with Crippen LogP contribution in [0.15, 0.2) is 11.6 Å². The molecular weight excluding hydrogens is 520 g/mol. The monoisotopic (exact) mass is 562 g/mol. The lowest BCUT2D eigenvalue weighted by molar-refractivity contribution is -0.162. The number of esters is 3. The number of rotatable bonds is 5. The molecule has 0 amide bonds. The predicted molar refractivity (Wildman–Crippen MR) is 140 cm³/mol. The van der Waals surface area contributed by atoms with Gasteiger partial charge in [-0.25, -0.2) is 4.79 Å². The normalized spacial score (nSPS) is 49.6. The van der Waals surface area contributed by atoms with Crippen molar-refractivity contribution < 1.29 is 47.6 Å². The second-order valence-corrected chi connectivity index (χ2v) is 13.3. The molecule has 0 aromatic rings. The highest BCUT2D eigenvalue weighted by molar-refractivity contribution is 5.96. The standard InChI is InChI=1S/C30H42O10/c1-13-11-30-25(37-18(6)32)14(2)12-29(30,40-30)24(33)15(3)22(38-26(34)28(9)16(4)39-28)19-20(27(19,7)8)23(35-10)21(13)36-17(5)31/h11,14-16,19-23,25H,12H2,1-10H3/b13-11+/t14-,15+,16?,19-,20+,21+,22-,23-,25-,28?,29-,30-/m0/s1. The average Bonchev–Trinajstić information content (AvgIpc) is 3.76. The number of methoxy groups -OCH3 is 1. The van der Waals surface area contributed by atoms with Crippen LogP contribution >= 0.6 is 0 Å². The molecular formula is C30H42O10. The van der Waals surface area contributed by atoms with Gasteiger partial charge in [-0.1, -0.05) is 27.7 Å². The summed E-state index contributed by atoms with van der Waals surface area (Å²) in [6.45, 7) is 15.8. The number of hydrogen-bond acceptors (Lipinski definition) is 10. The summed E-state index contributed by atoms with van der Waals surface area (Å²) < 4.78 is 35.7. The molecule has 10 nitrogen and oxygen atoms in total. The lowest BCUT2D eigenvalue weighted by atomic mass is 9.80. The molecule has 222 valence electrons. The van der Waals surface area contributed by atoms with E-state index in [1.54, 1.807) is 34.0 Å². The lowest BCUT2D eigenvalue weighted by Crippen LogP contribution is -2.44. The van der Waals surface area contributed by atoms with Crippen molar-refractivity contribution in [2.75, 3.05) is 7.11 Å². The number of carbonyl (C=O) groups is 4. The van der Waals surface area contributed by atoms with Gasteiger partial charge in [0.25, 0.3) is 0 Å². The highest BCUT2D eigenvalue weighted by atomic mass is 16.7. The summed E-state index contributed by atoms with van der Waals surface area (Å²) in [4.78, 5) is 52.3. The number of hydrogen-bond donors (Lipinski definition) is 0. The third-order valence-corrected chi connectivity index (χ3v) is 10.3. The highest BCUT2D eigenvalue weighted by Crippen LogP contribution is 2.69. The Morgan fingerprint density at radius 3 is 2.05 bits per heavy atom. The molecule has 2 unspecified atom stereocenters. The summed E-state index contributed by atoms with van der Waals surface area (Å²) in [5.41, 5.74) is -3.34. The molecule has 0 aromatic heterocycles. The zero-order chi connectivity index (χ0) is 29.7. The number of ketones is 1. The minimum Gasteiger partial charge on any atom is -0.459 e. The molecule has 2 saturated heterocycles. The number of Topliss-reactive ketones (excluding diaryl/α,β-unsaturated/α-hetero) is 1. The minimum absolute atomic E-state index is 0.183. The van der Waals surface area contributed by atoms with Gasteiger partial charge in [-0.05, 0) is 50.2 Å². The van der Waals surface area contributed by atoms with Gasteiger partial charge in [0, 0.05) is 32.8 Å². The van der Waals surface area contributed by atoms with E-state index < -0.39 is 70.5 Å². The van der Waals surface area contributed by atoms with E-state index in [1.165, 1.54) is 13.8 Å². The Labute approximate surface area is 235 Å². The van der Waals surface area contributed by atoms with E-state index in [0.717, 1.165) is 0 Å². The fraction of sp³-hybridized carbons (Fsp3) is 0.800. The Bertz CT molecular complexity index is 1170. The Morgan fingerprint density at radius 1 is 0.950 bits per heavy atom. The Morgan fingerprint density at radius 2 is 1.52 bits per heavy atom. The van der Waals surface area contributed by atoms with E-state index in [0.29, 0.717) is 12.0 Å². The maximum atomic E-state index is 14.5. The van der Waals surface area contributed by atoms with Gasteiger partial charge in [-0.3, -0.25) is 14.4 Å². The maximum absolute atomic E-state index is 14.5. The van der Waals surface area contributed by atoms with E-state index >= 15 is 0 Å². The summed E-state index contributed by atoms with van der Waals surface area (Å²) in [6, 6.07) is 0. The summed E-state index contributed by atoms with van der Waals surface area (Å²) in [7, 11) is 1.56. The zero-order valence-corrected chi connectivity index (χ0v) is 25.1. The first-order chi connectivity index (χ1) is 18.5. The summed E-state index contributed by atoms with van der Waals surface area (Å²) in [5, 5.41) is 0. The van der Waals surface area contributed by atoms with E-state index in [1.807, 2.05) is 27.7 Å². The molecule has 10 heteroatoms. The summed E-state index contributed by atoms with van der Waals surface area (Å²) >= 11 is 0. The molecule has 0 N–H and O–H groups in total. The van der Waals surface area contributed by atoms with Crippen LogP contribution in [0.25, 0.3) is 0 Å². The van der Waals surface area contributed by atoms with Crippen molar-refractivity contribution in [2.24, 2.45) is 29.1 Å². The Kier molecular flexibility index (Phi) is 6.64. The van der Waals surface area contributed by atoms with Gasteiger partial charge in [-0.2, -0.15) is 0 Å². The smallest absolute Gasteiger partial charge is 0.341 e. The van der Waals surface area contributed by atoms with E-state index in [2.05, 4.69) is 0 Å². The molecule has 12 atom stereocenters. The van der Waals surface area contributed by atoms with Crippen molar-refractivity contribution in [1.29, 1.82) is 0 Å². The SMILES string of the molecule is CO[C@H]1[C@H]2[C@@H]([C@@H](OC(=O)C3(C)OC3C)[C@@H](C)C(=O)[C@@]34C[C@H](C)[C@H](OC(C)=O)[C@]3(/C=C(\C)[C@H]1OC(C)=O)O4)C2(C)C. The van der Waals surface area contributed by atoms with Gasteiger partial charge >= 0.3 is 17.9 Å². The van der Waals surface area contributed by atoms with Crippen molar-refractivity contribution in [1.82, 2.24) is 0 Å². The van der Waals surface area contributed by atoms with Gasteiger partial charge in [0.2, 0.25) is 0 Å². The predicted octanol–water partition coefficient (Wildman–Crippen LogP) is 2.94. The van der Waals surface area contributed by atoms with Crippen LogP contribution in [-0.2, 0) is 47.6 Å². The maximum Gasteiger partial charge on any atom is 0.341 e. The highest BCUT2D eigenvalue weighted by Gasteiger charge is 2.84. The van der Waals surface area contributed by atoms with Crippen LogP contribution in [0.5, 0.6) is 0 Å². The van der Waals surface area contributed by atoms with Crippen molar-refractivity contribution in [2.45, 2.75) is 116 Å². The van der Waals surface area contributed by atoms with Crippen LogP contribution in [-0.4, -0.2) is 78.1 Å². The number of carbonyl (C=O) groups excluding carboxylic acids is 4. The third kappa shape index (κ3) is 4.00. The van der Waals surface area contributed by atoms with Crippen molar-refractivity contribution >= 4 is 23.7 Å². The lowest BCUT2D eigenvalue weighted by Gasteiger charge is -2.30. The zero-order valence-electron chi connectivity index (χ0n) is 25.1. The largest absolute Gasteiger partial charge is 0.459 e. The second-order valence-electron chi connectivity index (χ2n) is 13.3. The van der Waals surface area contributed by atoms with E-state index in [9.17, 15) is 19.2 Å². The summed E-state index contributed by atoms with van der Waals surface area (Å²) in [5.74, 6) is -3.07. The van der Waals surface area contributed by atoms with Crippen LogP contribution in [0, 0.1) is 29.1 Å².